The molecule has 1 aromatic carbocycles. The largest absolute Gasteiger partial charge is 0.489 e. The Balaban J connectivity index is 1.84. The van der Waals surface area contributed by atoms with Crippen LogP contribution in [-0.2, 0) is 11.2 Å². The number of likely N-dealkylation sites (tertiary alicyclic amines) is 1. The quantitative estimate of drug-likeness (QED) is 0.848. The molecule has 6 nitrogen and oxygen atoms in total. The number of nitrogens with one attached hydrogen (secondary N) is 1. The van der Waals surface area contributed by atoms with Crippen LogP contribution in [0.15, 0.2) is 22.6 Å². The predicted octanol–water partition coefficient (Wildman–Crippen LogP) is 0.869. The Morgan fingerprint density at radius 1 is 1.45 bits per heavy atom. The van der Waals surface area contributed by atoms with Crippen molar-refractivity contribution in [1.82, 2.24) is 4.90 Å². The molecular weight excluding hydrogens is 276 g/mol. The topological polar surface area (TPSA) is 80.0 Å². The van der Waals surface area contributed by atoms with Crippen molar-refractivity contribution in [3.05, 3.63) is 23.8 Å². The summed E-state index contributed by atoms with van der Waals surface area (Å²) in [6.07, 6.45) is 2.19. The van der Waals surface area contributed by atoms with Gasteiger partial charge in [-0.2, -0.15) is 4.40 Å². The molecule has 0 aromatic heterocycles. The summed E-state index contributed by atoms with van der Waals surface area (Å²) in [5.74, 6) is 0.975. The Labute approximate surface area is 120 Å². The molecule has 2 aliphatic rings. The van der Waals surface area contributed by atoms with Crippen molar-refractivity contribution >= 4 is 22.7 Å². The highest BCUT2D eigenvalue weighted by Gasteiger charge is 2.23. The molecule has 0 spiro atoms. The number of hydrogen-bond acceptors (Lipinski definition) is 4. The third-order valence-electron chi connectivity index (χ3n) is 3.62. The number of nitrogens with two attached hydrogens (primary N) is 1. The lowest BCUT2D eigenvalue weighted by Gasteiger charge is -2.30. The van der Waals surface area contributed by atoms with E-state index in [1.54, 1.807) is 0 Å². The average Bonchev–Trinajstić information content (AvgIpc) is 2.41. The molecule has 1 fully saturated rings. The molecule has 1 unspecified atom stereocenters. The van der Waals surface area contributed by atoms with E-state index < -0.39 is 11.2 Å². The van der Waals surface area contributed by atoms with E-state index in [0.717, 1.165) is 25.9 Å². The number of anilines is 1. The van der Waals surface area contributed by atoms with Crippen molar-refractivity contribution in [3.8, 4) is 5.75 Å². The first-order valence-corrected chi connectivity index (χ1v) is 7.75. The van der Waals surface area contributed by atoms with Gasteiger partial charge in [-0.05, 0) is 32.0 Å². The second-order valence-corrected chi connectivity index (χ2v) is 6.01. The summed E-state index contributed by atoms with van der Waals surface area (Å²) in [7, 11) is 2.12. The van der Waals surface area contributed by atoms with Crippen LogP contribution < -0.4 is 15.2 Å². The van der Waals surface area contributed by atoms with Crippen molar-refractivity contribution in [1.29, 1.82) is 0 Å². The Hall–Kier alpha value is -1.60. The van der Waals surface area contributed by atoms with E-state index in [2.05, 4.69) is 21.1 Å². The zero-order valence-corrected chi connectivity index (χ0v) is 12.2. The summed E-state index contributed by atoms with van der Waals surface area (Å²) in [4.78, 5) is 2.29. The summed E-state index contributed by atoms with van der Waals surface area (Å²) in [5.41, 5.74) is 7.32. The molecule has 0 aliphatic carbocycles. The zero-order chi connectivity index (χ0) is 14.1. The SMILES string of the molecule is CN1CCC(Oc2cccc3c2C(N)=NS(=O)N3)CC1. The van der Waals surface area contributed by atoms with E-state index >= 15 is 0 Å². The van der Waals surface area contributed by atoms with Gasteiger partial charge in [0.25, 0.3) is 0 Å². The fraction of sp³-hybridized carbons (Fsp3) is 0.462. The number of amidine groups is 1. The van der Waals surface area contributed by atoms with Crippen molar-refractivity contribution in [3.63, 3.8) is 0 Å². The Bertz CT molecular complexity index is 567. The molecule has 0 bridgehead atoms. The van der Waals surface area contributed by atoms with Crippen LogP contribution in [0.5, 0.6) is 5.75 Å². The zero-order valence-electron chi connectivity index (χ0n) is 11.3. The van der Waals surface area contributed by atoms with E-state index in [0.29, 0.717) is 17.0 Å². The molecule has 3 rings (SSSR count). The van der Waals surface area contributed by atoms with Crippen LogP contribution in [0, 0.1) is 0 Å². The predicted molar refractivity (Wildman–Crippen MR) is 80.1 cm³/mol. The van der Waals surface area contributed by atoms with Crippen LogP contribution in [0.3, 0.4) is 0 Å². The summed E-state index contributed by atoms with van der Waals surface area (Å²) in [6, 6.07) is 5.58. The summed E-state index contributed by atoms with van der Waals surface area (Å²) < 4.78 is 24.2. The summed E-state index contributed by atoms with van der Waals surface area (Å²) in [6.45, 7) is 2.07. The van der Waals surface area contributed by atoms with Gasteiger partial charge in [-0.3, -0.25) is 4.72 Å². The molecule has 108 valence electrons. The van der Waals surface area contributed by atoms with E-state index in [4.69, 9.17) is 10.5 Å². The first kappa shape index (κ1) is 13.4. The van der Waals surface area contributed by atoms with Crippen molar-refractivity contribution in [2.24, 2.45) is 10.1 Å². The molecule has 1 aromatic rings. The molecule has 7 heteroatoms. The molecule has 0 amide bonds. The van der Waals surface area contributed by atoms with E-state index in [1.807, 2.05) is 18.2 Å². The van der Waals surface area contributed by atoms with Crippen molar-refractivity contribution in [2.45, 2.75) is 18.9 Å². The van der Waals surface area contributed by atoms with Gasteiger partial charge < -0.3 is 15.4 Å². The maximum atomic E-state index is 11.5. The number of benzene rings is 1. The molecular formula is C13H18N4O2S. The van der Waals surface area contributed by atoms with E-state index in [-0.39, 0.29) is 11.9 Å². The minimum atomic E-state index is -1.50. The fourth-order valence-corrected chi connectivity index (χ4v) is 3.19. The maximum Gasteiger partial charge on any atom is 0.245 e. The molecule has 1 atom stereocenters. The van der Waals surface area contributed by atoms with Gasteiger partial charge >= 0.3 is 0 Å². The molecule has 3 N–H and O–H groups in total. The normalized spacial score (nSPS) is 23.6. The average molecular weight is 294 g/mol. The second-order valence-electron chi connectivity index (χ2n) is 5.13. The van der Waals surface area contributed by atoms with Gasteiger partial charge in [0.05, 0.1) is 11.3 Å². The van der Waals surface area contributed by atoms with E-state index in [1.165, 1.54) is 0 Å². The molecule has 2 aliphatic heterocycles. The maximum absolute atomic E-state index is 11.5. The Kier molecular flexibility index (Phi) is 3.62. The third kappa shape index (κ3) is 2.64. The molecule has 0 saturated carbocycles. The molecule has 1 saturated heterocycles. The van der Waals surface area contributed by atoms with Crippen molar-refractivity contribution in [2.75, 3.05) is 24.9 Å². The molecule has 20 heavy (non-hydrogen) atoms. The first-order valence-electron chi connectivity index (χ1n) is 6.65. The monoisotopic (exact) mass is 294 g/mol. The van der Waals surface area contributed by atoms with Crippen LogP contribution in [0.2, 0.25) is 0 Å². The van der Waals surface area contributed by atoms with Gasteiger partial charge in [-0.15, -0.1) is 0 Å². The standard InChI is InChI=1S/C13H18N4O2S/c1-17-7-5-9(6-8-17)19-11-4-2-3-10-12(11)13(14)16-20(18)15-10/h2-4,9,15H,5-8H2,1H3,(H2,14,16). The van der Waals surface area contributed by atoms with Crippen molar-refractivity contribution < 1.29 is 8.95 Å². The Morgan fingerprint density at radius 3 is 2.95 bits per heavy atom. The number of ether oxygens (including phenoxy) is 1. The summed E-state index contributed by atoms with van der Waals surface area (Å²) >= 11 is -1.50. The van der Waals surface area contributed by atoms with Gasteiger partial charge in [-0.1, -0.05) is 6.07 Å². The summed E-state index contributed by atoms with van der Waals surface area (Å²) in [5, 5.41) is 0. The number of piperidine rings is 1. The smallest absolute Gasteiger partial charge is 0.245 e. The lowest BCUT2D eigenvalue weighted by atomic mass is 10.1. The number of fused-ring (bicyclic) bond motifs is 1. The van der Waals surface area contributed by atoms with Gasteiger partial charge in [0.1, 0.15) is 17.7 Å². The van der Waals surface area contributed by atoms with Gasteiger partial charge in [0.2, 0.25) is 11.2 Å². The first-order chi connectivity index (χ1) is 9.63. The van der Waals surface area contributed by atoms with Gasteiger partial charge in [0, 0.05) is 13.1 Å². The van der Waals surface area contributed by atoms with Crippen LogP contribution in [0.25, 0.3) is 0 Å². The highest BCUT2D eigenvalue weighted by Crippen LogP contribution is 2.31. The molecule has 2 heterocycles. The third-order valence-corrected chi connectivity index (χ3v) is 4.38. The number of nitrogens with zero attached hydrogens (tertiary/aromatic N) is 2. The van der Waals surface area contributed by atoms with Crippen LogP contribution >= 0.6 is 0 Å². The van der Waals surface area contributed by atoms with Crippen LogP contribution in [0.1, 0.15) is 18.4 Å². The highest BCUT2D eigenvalue weighted by atomic mass is 32.2. The highest BCUT2D eigenvalue weighted by molar-refractivity contribution is 7.85. The minimum absolute atomic E-state index is 0.193. The van der Waals surface area contributed by atoms with E-state index in [9.17, 15) is 4.21 Å². The lowest BCUT2D eigenvalue weighted by Crippen LogP contribution is -2.36. The Morgan fingerprint density at radius 2 is 2.20 bits per heavy atom. The van der Waals surface area contributed by atoms with Crippen LogP contribution in [0.4, 0.5) is 5.69 Å². The van der Waals surface area contributed by atoms with Gasteiger partial charge in [-0.25, -0.2) is 4.21 Å². The number of rotatable bonds is 2. The lowest BCUT2D eigenvalue weighted by molar-refractivity contribution is 0.114. The van der Waals surface area contributed by atoms with Crippen LogP contribution in [-0.4, -0.2) is 41.2 Å². The molecule has 0 radical (unpaired) electrons. The number of hydrogen-bond donors (Lipinski definition) is 2. The fourth-order valence-electron chi connectivity index (χ4n) is 2.51. The van der Waals surface area contributed by atoms with Gasteiger partial charge in [0.15, 0.2) is 0 Å². The minimum Gasteiger partial charge on any atom is -0.489 e. The second kappa shape index (κ2) is 5.41.